The minimum absolute atomic E-state index is 0.0414. The van der Waals surface area contributed by atoms with Crippen molar-refractivity contribution in [2.75, 3.05) is 5.75 Å². The molecule has 0 aromatic carbocycles. The Morgan fingerprint density at radius 1 is 1.40 bits per heavy atom. The molecule has 0 bridgehead atoms. The Bertz CT molecular complexity index is 637. The van der Waals surface area contributed by atoms with Crippen molar-refractivity contribution in [2.45, 2.75) is 49.3 Å². The van der Waals surface area contributed by atoms with E-state index in [1.165, 1.54) is 6.07 Å². The number of carboxylic acid groups (broad SMARTS) is 1. The number of alkyl halides is 3. The number of nitrogens with one attached hydrogen (secondary N) is 1. The number of carbonyl (C=O) groups excluding carboxylic acids is 1. The molecular formula is C16H19F3N2O3S. The topological polar surface area (TPSA) is 79.3 Å². The smallest absolute Gasteiger partial charge is 0.417 e. The van der Waals surface area contributed by atoms with Crippen molar-refractivity contribution >= 4 is 23.6 Å². The number of carboxylic acids is 1. The van der Waals surface area contributed by atoms with Gasteiger partial charge in [-0.05, 0) is 31.9 Å². The zero-order chi connectivity index (χ0) is 18.7. The number of pyridine rings is 1. The Kier molecular flexibility index (Phi) is 5.97. The molecule has 1 aliphatic rings. The van der Waals surface area contributed by atoms with E-state index in [0.717, 1.165) is 36.9 Å². The van der Waals surface area contributed by atoms with Crippen molar-refractivity contribution in [3.05, 3.63) is 23.9 Å². The highest BCUT2D eigenvalue weighted by molar-refractivity contribution is 7.99. The molecule has 1 fully saturated rings. The second-order valence-corrected chi connectivity index (χ2v) is 7.27. The first-order chi connectivity index (χ1) is 11.6. The number of halogens is 3. The number of hydrogen-bond donors (Lipinski definition) is 2. The molecule has 9 heteroatoms. The Labute approximate surface area is 147 Å². The lowest BCUT2D eigenvalue weighted by Gasteiger charge is -2.39. The summed E-state index contributed by atoms with van der Waals surface area (Å²) in [5.74, 6) is -1.97. The van der Waals surface area contributed by atoms with E-state index in [-0.39, 0.29) is 11.7 Å². The van der Waals surface area contributed by atoms with Gasteiger partial charge in [0.15, 0.2) is 0 Å². The number of carbonyl (C=O) groups is 2. The molecule has 5 nitrogen and oxygen atoms in total. The van der Waals surface area contributed by atoms with Crippen LogP contribution in [-0.4, -0.2) is 33.3 Å². The Morgan fingerprint density at radius 2 is 2.12 bits per heavy atom. The lowest BCUT2D eigenvalue weighted by atomic mass is 9.74. The second-order valence-electron chi connectivity index (χ2n) is 6.27. The number of aromatic nitrogens is 1. The van der Waals surface area contributed by atoms with Gasteiger partial charge in [-0.3, -0.25) is 9.59 Å². The minimum Gasteiger partial charge on any atom is -0.481 e. The summed E-state index contributed by atoms with van der Waals surface area (Å²) >= 11 is 1.01. The van der Waals surface area contributed by atoms with E-state index in [2.05, 4.69) is 10.3 Å². The van der Waals surface area contributed by atoms with E-state index in [4.69, 9.17) is 0 Å². The lowest BCUT2D eigenvalue weighted by molar-refractivity contribution is -0.146. The normalized spacial score (nSPS) is 23.9. The average molecular weight is 376 g/mol. The number of thioether (sulfide) groups is 1. The predicted octanol–water partition coefficient (Wildman–Crippen LogP) is 3.34. The van der Waals surface area contributed by atoms with E-state index in [1.807, 2.05) is 0 Å². The van der Waals surface area contributed by atoms with Crippen molar-refractivity contribution in [3.8, 4) is 0 Å². The van der Waals surface area contributed by atoms with Crippen LogP contribution in [0.3, 0.4) is 0 Å². The Balaban J connectivity index is 1.92. The van der Waals surface area contributed by atoms with Gasteiger partial charge in [-0.2, -0.15) is 13.2 Å². The Hall–Kier alpha value is -1.77. The molecule has 2 atom stereocenters. The SMILES string of the molecule is CC1(NC(=O)CSc2ccc(C(F)(F)F)cn2)CCCCC1C(=O)O. The lowest BCUT2D eigenvalue weighted by Crippen LogP contribution is -2.55. The number of amides is 1. The zero-order valence-electron chi connectivity index (χ0n) is 13.6. The van der Waals surface area contributed by atoms with Crippen molar-refractivity contribution < 1.29 is 27.9 Å². The predicted molar refractivity (Wildman–Crippen MR) is 86.1 cm³/mol. The molecule has 1 aliphatic carbocycles. The Morgan fingerprint density at radius 3 is 2.68 bits per heavy atom. The summed E-state index contributed by atoms with van der Waals surface area (Å²) in [7, 11) is 0. The molecule has 0 spiro atoms. The summed E-state index contributed by atoms with van der Waals surface area (Å²) in [5, 5.41) is 12.4. The van der Waals surface area contributed by atoms with Crippen molar-refractivity contribution in [3.63, 3.8) is 0 Å². The molecule has 138 valence electrons. The van der Waals surface area contributed by atoms with E-state index in [9.17, 15) is 27.9 Å². The van der Waals surface area contributed by atoms with Gasteiger partial charge < -0.3 is 10.4 Å². The van der Waals surface area contributed by atoms with Crippen LogP contribution in [0.1, 0.15) is 38.2 Å². The molecule has 1 amide bonds. The number of aliphatic carboxylic acids is 1. The van der Waals surface area contributed by atoms with Gasteiger partial charge in [0, 0.05) is 6.20 Å². The van der Waals surface area contributed by atoms with Gasteiger partial charge in [0.2, 0.25) is 5.91 Å². The maximum Gasteiger partial charge on any atom is 0.417 e. The summed E-state index contributed by atoms with van der Waals surface area (Å²) in [6.45, 7) is 1.73. The molecule has 0 aliphatic heterocycles. The van der Waals surface area contributed by atoms with Crippen LogP contribution < -0.4 is 5.32 Å². The highest BCUT2D eigenvalue weighted by Crippen LogP contribution is 2.34. The van der Waals surface area contributed by atoms with Gasteiger partial charge in [-0.25, -0.2) is 4.98 Å². The monoisotopic (exact) mass is 376 g/mol. The number of hydrogen-bond acceptors (Lipinski definition) is 4. The van der Waals surface area contributed by atoms with Crippen molar-refractivity contribution in [2.24, 2.45) is 5.92 Å². The molecular weight excluding hydrogens is 357 g/mol. The quantitative estimate of drug-likeness (QED) is 0.771. The second kappa shape index (κ2) is 7.63. The maximum absolute atomic E-state index is 12.5. The average Bonchev–Trinajstić information content (AvgIpc) is 2.52. The summed E-state index contributed by atoms with van der Waals surface area (Å²) in [5.41, 5.74) is -1.66. The third-order valence-corrected chi connectivity index (χ3v) is 5.29. The van der Waals surface area contributed by atoms with Crippen LogP contribution in [0.4, 0.5) is 13.2 Å². The van der Waals surface area contributed by atoms with Gasteiger partial charge in [-0.15, -0.1) is 0 Å². The van der Waals surface area contributed by atoms with Gasteiger partial charge >= 0.3 is 12.1 Å². The number of nitrogens with zero attached hydrogens (tertiary/aromatic N) is 1. The molecule has 2 N–H and O–H groups in total. The van der Waals surface area contributed by atoms with Crippen LogP contribution in [-0.2, 0) is 15.8 Å². The highest BCUT2D eigenvalue weighted by Gasteiger charge is 2.42. The first kappa shape index (κ1) is 19.6. The van der Waals surface area contributed by atoms with Crippen LogP contribution >= 0.6 is 11.8 Å². The van der Waals surface area contributed by atoms with Crippen LogP contribution in [0.25, 0.3) is 0 Å². The van der Waals surface area contributed by atoms with Crippen LogP contribution in [0.5, 0.6) is 0 Å². The van der Waals surface area contributed by atoms with Crippen LogP contribution in [0.15, 0.2) is 23.4 Å². The van der Waals surface area contributed by atoms with Gasteiger partial charge in [-0.1, -0.05) is 24.6 Å². The summed E-state index contributed by atoms with van der Waals surface area (Å²) in [6, 6.07) is 2.12. The molecule has 1 aromatic heterocycles. The van der Waals surface area contributed by atoms with Crippen LogP contribution in [0, 0.1) is 5.92 Å². The van der Waals surface area contributed by atoms with E-state index >= 15 is 0 Å². The highest BCUT2D eigenvalue weighted by atomic mass is 32.2. The molecule has 2 rings (SSSR count). The van der Waals surface area contributed by atoms with Gasteiger partial charge in [0.1, 0.15) is 0 Å². The summed E-state index contributed by atoms with van der Waals surface area (Å²) in [6.07, 6.45) is -0.975. The van der Waals surface area contributed by atoms with Gasteiger partial charge in [0.05, 0.1) is 27.8 Å². The van der Waals surface area contributed by atoms with Crippen molar-refractivity contribution in [1.82, 2.24) is 10.3 Å². The van der Waals surface area contributed by atoms with Crippen molar-refractivity contribution in [1.29, 1.82) is 0 Å². The fourth-order valence-electron chi connectivity index (χ4n) is 3.01. The molecule has 1 saturated carbocycles. The first-order valence-electron chi connectivity index (χ1n) is 7.82. The molecule has 1 aromatic rings. The third kappa shape index (κ3) is 5.10. The number of rotatable bonds is 5. The minimum atomic E-state index is -4.45. The van der Waals surface area contributed by atoms with Gasteiger partial charge in [0.25, 0.3) is 0 Å². The standard InChI is InChI=1S/C16H19F3N2O3S/c1-15(7-3-2-4-11(15)14(23)24)21-12(22)9-25-13-6-5-10(8-20-13)16(17,18)19/h5-6,8,11H,2-4,7,9H2,1H3,(H,21,22)(H,23,24). The summed E-state index contributed by atoms with van der Waals surface area (Å²) < 4.78 is 37.4. The van der Waals surface area contributed by atoms with E-state index in [1.54, 1.807) is 6.92 Å². The fraction of sp³-hybridized carbons (Fsp3) is 0.562. The third-order valence-electron chi connectivity index (χ3n) is 4.35. The molecule has 1 heterocycles. The largest absolute Gasteiger partial charge is 0.481 e. The molecule has 0 radical (unpaired) electrons. The maximum atomic E-state index is 12.5. The first-order valence-corrected chi connectivity index (χ1v) is 8.80. The molecule has 2 unspecified atom stereocenters. The zero-order valence-corrected chi connectivity index (χ0v) is 14.4. The fourth-order valence-corrected chi connectivity index (χ4v) is 3.65. The summed E-state index contributed by atoms with van der Waals surface area (Å²) in [4.78, 5) is 27.2. The van der Waals surface area contributed by atoms with Crippen LogP contribution in [0.2, 0.25) is 0 Å². The van der Waals surface area contributed by atoms with E-state index in [0.29, 0.717) is 17.9 Å². The molecule has 25 heavy (non-hydrogen) atoms. The van der Waals surface area contributed by atoms with E-state index < -0.39 is 29.2 Å². The molecule has 0 saturated heterocycles.